The van der Waals surface area contributed by atoms with Gasteiger partial charge in [-0.05, 0) is 37.3 Å². The molecule has 0 unspecified atom stereocenters. The van der Waals surface area contributed by atoms with Crippen LogP contribution in [-0.4, -0.2) is 37.5 Å². The summed E-state index contributed by atoms with van der Waals surface area (Å²) < 4.78 is 32.2. The topological polar surface area (TPSA) is 75.7 Å². The number of amides is 1. The highest BCUT2D eigenvalue weighted by Gasteiger charge is 2.43. The van der Waals surface area contributed by atoms with Crippen molar-refractivity contribution in [1.29, 1.82) is 0 Å². The Morgan fingerprint density at radius 3 is 2.39 bits per heavy atom. The van der Waals surface area contributed by atoms with Gasteiger partial charge < -0.3 is 10.1 Å². The molecule has 2 aromatic carbocycles. The average molecular weight is 443 g/mol. The van der Waals surface area contributed by atoms with Crippen molar-refractivity contribution in [2.45, 2.75) is 56.2 Å². The van der Waals surface area contributed by atoms with Crippen molar-refractivity contribution >= 4 is 15.9 Å². The second kappa shape index (κ2) is 8.63. The van der Waals surface area contributed by atoms with Gasteiger partial charge >= 0.3 is 0 Å². The summed E-state index contributed by atoms with van der Waals surface area (Å²) in [7, 11) is -2.12. The maximum Gasteiger partial charge on any atom is 0.243 e. The Hall–Kier alpha value is -2.38. The quantitative estimate of drug-likeness (QED) is 0.760. The van der Waals surface area contributed by atoms with E-state index in [0.29, 0.717) is 12.0 Å². The van der Waals surface area contributed by atoms with Crippen LogP contribution in [0.1, 0.15) is 61.7 Å². The molecule has 1 aliphatic carbocycles. The molecule has 1 spiro atoms. The minimum absolute atomic E-state index is 0.227. The number of hydrogen-bond acceptors (Lipinski definition) is 4. The Kier molecular flexibility index (Phi) is 6.08. The molecule has 0 bridgehead atoms. The number of rotatable bonds is 5. The van der Waals surface area contributed by atoms with Crippen molar-refractivity contribution in [2.24, 2.45) is 0 Å². The zero-order valence-electron chi connectivity index (χ0n) is 18.1. The maximum absolute atomic E-state index is 13.5. The Labute approximate surface area is 184 Å². The van der Waals surface area contributed by atoms with Gasteiger partial charge in [-0.25, -0.2) is 8.42 Å². The number of nitrogens with one attached hydrogen (secondary N) is 1. The molecule has 0 saturated heterocycles. The van der Waals surface area contributed by atoms with Gasteiger partial charge in [0.05, 0.1) is 12.3 Å². The van der Waals surface area contributed by atoms with E-state index in [1.807, 2.05) is 42.5 Å². The third kappa shape index (κ3) is 4.62. The Morgan fingerprint density at radius 2 is 1.71 bits per heavy atom. The number of para-hydroxylation sites is 1. The monoisotopic (exact) mass is 442 g/mol. The van der Waals surface area contributed by atoms with Crippen LogP contribution < -0.4 is 10.1 Å². The molecule has 2 aliphatic rings. The molecule has 4 rings (SSSR count). The molecule has 166 valence electrons. The molecule has 7 heteroatoms. The number of ether oxygens (including phenoxy) is 1. The molecule has 1 aliphatic heterocycles. The molecule has 1 amide bonds. The third-order valence-electron chi connectivity index (χ3n) is 6.53. The number of carbonyl (C=O) groups is 1. The van der Waals surface area contributed by atoms with Crippen molar-refractivity contribution in [3.05, 3.63) is 65.7 Å². The summed E-state index contributed by atoms with van der Waals surface area (Å²) in [5, 5.41) is 3.17. The molecule has 6 nitrogen and oxygen atoms in total. The second-order valence-corrected chi connectivity index (χ2v) is 10.8. The maximum atomic E-state index is 13.5. The van der Waals surface area contributed by atoms with Gasteiger partial charge in [0.2, 0.25) is 15.9 Å². The summed E-state index contributed by atoms with van der Waals surface area (Å²) in [4.78, 5) is 13.5. The van der Waals surface area contributed by atoms with Crippen LogP contribution in [0.5, 0.6) is 5.75 Å². The number of nitrogens with zero attached hydrogens (tertiary/aromatic N) is 1. The van der Waals surface area contributed by atoms with Gasteiger partial charge in [0.15, 0.2) is 0 Å². The van der Waals surface area contributed by atoms with E-state index in [1.54, 1.807) is 12.1 Å². The average Bonchev–Trinajstić information content (AvgIpc) is 2.74. The SMILES string of the molecule is CN([C@@H](C(=O)N[C@H]1CC2(CCCCC2)Oc2ccccc21)c1ccccc1)S(C)(=O)=O. The lowest BCUT2D eigenvalue weighted by Crippen LogP contribution is -2.48. The Morgan fingerprint density at radius 1 is 1.06 bits per heavy atom. The van der Waals surface area contributed by atoms with Gasteiger partial charge in [0.1, 0.15) is 17.4 Å². The lowest BCUT2D eigenvalue weighted by Gasteiger charge is -2.45. The van der Waals surface area contributed by atoms with Gasteiger partial charge in [-0.1, -0.05) is 55.0 Å². The number of fused-ring (bicyclic) bond motifs is 1. The summed E-state index contributed by atoms with van der Waals surface area (Å²) in [6.07, 6.45) is 7.20. The van der Waals surface area contributed by atoms with Crippen molar-refractivity contribution in [3.63, 3.8) is 0 Å². The van der Waals surface area contributed by atoms with Crippen LogP contribution in [0.2, 0.25) is 0 Å². The fourth-order valence-corrected chi connectivity index (χ4v) is 5.45. The van der Waals surface area contributed by atoms with Crippen LogP contribution in [0.25, 0.3) is 0 Å². The molecule has 1 heterocycles. The molecule has 0 radical (unpaired) electrons. The Bertz CT molecular complexity index is 1030. The van der Waals surface area contributed by atoms with Gasteiger partial charge in [0, 0.05) is 19.0 Å². The highest BCUT2D eigenvalue weighted by molar-refractivity contribution is 7.88. The number of carbonyl (C=O) groups excluding carboxylic acids is 1. The van der Waals surface area contributed by atoms with E-state index < -0.39 is 16.1 Å². The van der Waals surface area contributed by atoms with Crippen LogP contribution in [0.15, 0.2) is 54.6 Å². The first-order chi connectivity index (χ1) is 14.8. The van der Waals surface area contributed by atoms with Crippen LogP contribution in [0.3, 0.4) is 0 Å². The number of hydrogen-bond donors (Lipinski definition) is 1. The van der Waals surface area contributed by atoms with Crippen molar-refractivity contribution in [3.8, 4) is 5.75 Å². The molecular formula is C24H30N2O4S. The standard InChI is InChI=1S/C24H30N2O4S/c1-26(31(2,28)29)22(18-11-5-3-6-12-18)23(27)25-20-17-24(15-9-4-10-16-24)30-21-14-8-7-13-19(20)21/h3,5-8,11-14,20,22H,4,9-10,15-17H2,1-2H3,(H,25,27)/t20-,22+/m0/s1. The van der Waals surface area contributed by atoms with Crippen molar-refractivity contribution in [1.82, 2.24) is 9.62 Å². The second-order valence-electron chi connectivity index (χ2n) is 8.74. The van der Waals surface area contributed by atoms with E-state index in [-0.39, 0.29) is 17.6 Å². The lowest BCUT2D eigenvalue weighted by atomic mass is 9.77. The van der Waals surface area contributed by atoms with Crippen molar-refractivity contribution < 1.29 is 17.9 Å². The predicted octanol–water partition coefficient (Wildman–Crippen LogP) is 3.96. The first-order valence-corrected chi connectivity index (χ1v) is 12.7. The molecule has 0 aromatic heterocycles. The van der Waals surface area contributed by atoms with Gasteiger partial charge in [-0.2, -0.15) is 4.31 Å². The largest absolute Gasteiger partial charge is 0.487 e. The molecule has 31 heavy (non-hydrogen) atoms. The molecular weight excluding hydrogens is 412 g/mol. The molecule has 1 saturated carbocycles. The smallest absolute Gasteiger partial charge is 0.243 e. The number of benzene rings is 2. The molecule has 2 atom stereocenters. The molecule has 1 fully saturated rings. The fraction of sp³-hybridized carbons (Fsp3) is 0.458. The van der Waals surface area contributed by atoms with Gasteiger partial charge in [0.25, 0.3) is 0 Å². The van der Waals surface area contributed by atoms with Crippen LogP contribution in [0, 0.1) is 0 Å². The minimum atomic E-state index is -3.58. The van der Waals surface area contributed by atoms with E-state index in [2.05, 4.69) is 5.32 Å². The summed E-state index contributed by atoms with van der Waals surface area (Å²) >= 11 is 0. The van der Waals surface area contributed by atoms with E-state index >= 15 is 0 Å². The zero-order chi connectivity index (χ0) is 22.1. The third-order valence-corrected chi connectivity index (χ3v) is 7.79. The summed E-state index contributed by atoms with van der Waals surface area (Å²) in [5.74, 6) is 0.487. The van der Waals surface area contributed by atoms with Crippen LogP contribution in [-0.2, 0) is 14.8 Å². The van der Waals surface area contributed by atoms with E-state index in [0.717, 1.165) is 47.6 Å². The number of sulfonamides is 1. The molecule has 1 N–H and O–H groups in total. The number of likely N-dealkylation sites (N-methyl/N-ethyl adjacent to an activating group) is 1. The highest BCUT2D eigenvalue weighted by atomic mass is 32.2. The minimum Gasteiger partial charge on any atom is -0.487 e. The zero-order valence-corrected chi connectivity index (χ0v) is 18.9. The van der Waals surface area contributed by atoms with Gasteiger partial charge in [-0.3, -0.25) is 4.79 Å². The summed E-state index contributed by atoms with van der Waals surface area (Å²) in [5.41, 5.74) is 1.32. The predicted molar refractivity (Wildman–Crippen MR) is 120 cm³/mol. The van der Waals surface area contributed by atoms with E-state index in [9.17, 15) is 13.2 Å². The van der Waals surface area contributed by atoms with Crippen molar-refractivity contribution in [2.75, 3.05) is 13.3 Å². The fourth-order valence-electron chi connectivity index (χ4n) is 4.85. The first kappa shape index (κ1) is 21.8. The molecule has 2 aromatic rings. The van der Waals surface area contributed by atoms with Crippen LogP contribution >= 0.6 is 0 Å². The highest BCUT2D eigenvalue weighted by Crippen LogP contribution is 2.46. The van der Waals surface area contributed by atoms with E-state index in [4.69, 9.17) is 4.74 Å². The summed E-state index contributed by atoms with van der Waals surface area (Å²) in [6.45, 7) is 0. The first-order valence-electron chi connectivity index (χ1n) is 10.9. The summed E-state index contributed by atoms with van der Waals surface area (Å²) in [6, 6.07) is 15.7. The van der Waals surface area contributed by atoms with Gasteiger partial charge in [-0.15, -0.1) is 0 Å². The normalized spacial score (nSPS) is 21.2. The Balaban J connectivity index is 1.66. The van der Waals surface area contributed by atoms with Crippen LogP contribution in [0.4, 0.5) is 0 Å². The lowest BCUT2D eigenvalue weighted by molar-refractivity contribution is -0.126. The van der Waals surface area contributed by atoms with E-state index in [1.165, 1.54) is 13.5 Å².